The maximum Gasteiger partial charge on any atom is 0.0949 e. The molecule has 0 bridgehead atoms. The van der Waals surface area contributed by atoms with Gasteiger partial charge in [-0.05, 0) is 25.5 Å². The third kappa shape index (κ3) is 6.74. The molecular formula is C17H29NO. The second-order valence-corrected chi connectivity index (χ2v) is 5.14. The van der Waals surface area contributed by atoms with E-state index < -0.39 is 0 Å². The Kier molecular flexibility index (Phi) is 8.52. The van der Waals surface area contributed by atoms with Gasteiger partial charge < -0.3 is 10.1 Å². The molecule has 2 heteroatoms. The average Bonchev–Trinajstić information content (AvgIpc) is 2.42. The van der Waals surface area contributed by atoms with Crippen LogP contribution in [0.1, 0.15) is 56.8 Å². The van der Waals surface area contributed by atoms with Crippen molar-refractivity contribution < 1.29 is 4.74 Å². The lowest BCUT2D eigenvalue weighted by atomic mass is 10.1. The highest BCUT2D eigenvalue weighted by molar-refractivity contribution is 5.24. The Labute approximate surface area is 118 Å². The summed E-state index contributed by atoms with van der Waals surface area (Å²) < 4.78 is 6.07. The van der Waals surface area contributed by atoms with Gasteiger partial charge in [-0.25, -0.2) is 0 Å². The molecule has 0 aliphatic carbocycles. The molecule has 0 aliphatic heterocycles. The minimum atomic E-state index is 0.182. The first-order chi connectivity index (χ1) is 9.27. The van der Waals surface area contributed by atoms with Gasteiger partial charge in [0, 0.05) is 13.2 Å². The summed E-state index contributed by atoms with van der Waals surface area (Å²) in [5.74, 6) is 0. The molecule has 0 amide bonds. The van der Waals surface area contributed by atoms with E-state index in [2.05, 4.69) is 50.4 Å². The predicted molar refractivity (Wildman–Crippen MR) is 82.6 cm³/mol. The quantitative estimate of drug-likeness (QED) is 0.637. The van der Waals surface area contributed by atoms with E-state index in [0.29, 0.717) is 0 Å². The summed E-state index contributed by atoms with van der Waals surface area (Å²) in [6.07, 6.45) is 5.21. The van der Waals surface area contributed by atoms with Gasteiger partial charge in [0.2, 0.25) is 0 Å². The van der Waals surface area contributed by atoms with Crippen molar-refractivity contribution in [3.05, 3.63) is 35.4 Å². The van der Waals surface area contributed by atoms with Crippen LogP contribution >= 0.6 is 0 Å². The summed E-state index contributed by atoms with van der Waals surface area (Å²) in [7, 11) is 0. The number of likely N-dealkylation sites (N-methyl/N-ethyl adjacent to an activating group) is 1. The summed E-state index contributed by atoms with van der Waals surface area (Å²) in [5.41, 5.74) is 2.59. The number of benzene rings is 1. The molecule has 0 aromatic heterocycles. The molecule has 0 radical (unpaired) electrons. The maximum atomic E-state index is 6.07. The van der Waals surface area contributed by atoms with E-state index in [1.54, 1.807) is 0 Å². The van der Waals surface area contributed by atoms with Gasteiger partial charge in [0.15, 0.2) is 0 Å². The molecule has 1 aromatic rings. The molecule has 1 unspecified atom stereocenters. The number of unbranched alkanes of at least 4 members (excludes halogenated alkanes) is 3. The molecular weight excluding hydrogens is 234 g/mol. The lowest BCUT2D eigenvalue weighted by molar-refractivity contribution is 0.0502. The van der Waals surface area contributed by atoms with E-state index in [1.165, 1.54) is 36.8 Å². The molecule has 2 nitrogen and oxygen atoms in total. The van der Waals surface area contributed by atoms with Crippen molar-refractivity contribution in [1.82, 2.24) is 5.32 Å². The molecule has 0 saturated carbocycles. The molecule has 0 heterocycles. The molecule has 1 atom stereocenters. The maximum absolute atomic E-state index is 6.07. The SMILES string of the molecule is CCCCCCOC(CNCC)c1cccc(C)c1. The van der Waals surface area contributed by atoms with Crippen molar-refractivity contribution in [2.24, 2.45) is 0 Å². The van der Waals surface area contributed by atoms with Gasteiger partial charge >= 0.3 is 0 Å². The zero-order valence-corrected chi connectivity index (χ0v) is 12.7. The molecule has 1 rings (SSSR count). The lowest BCUT2D eigenvalue weighted by Crippen LogP contribution is -2.23. The van der Waals surface area contributed by atoms with Crippen LogP contribution in [-0.4, -0.2) is 19.7 Å². The molecule has 0 aliphatic rings. The van der Waals surface area contributed by atoms with Gasteiger partial charge in [-0.3, -0.25) is 0 Å². The standard InChI is InChI=1S/C17H29NO/c1-4-6-7-8-12-19-17(14-18-5-2)16-11-9-10-15(3)13-16/h9-11,13,17-18H,4-8,12,14H2,1-3H3. The van der Waals surface area contributed by atoms with E-state index in [9.17, 15) is 0 Å². The van der Waals surface area contributed by atoms with Crippen LogP contribution in [0.25, 0.3) is 0 Å². The molecule has 0 saturated heterocycles. The minimum absolute atomic E-state index is 0.182. The number of nitrogens with one attached hydrogen (secondary N) is 1. The fraction of sp³-hybridized carbons (Fsp3) is 0.647. The van der Waals surface area contributed by atoms with Gasteiger partial charge in [0.1, 0.15) is 0 Å². The van der Waals surface area contributed by atoms with Crippen molar-refractivity contribution >= 4 is 0 Å². The van der Waals surface area contributed by atoms with Gasteiger partial charge in [0.05, 0.1) is 6.10 Å². The zero-order valence-electron chi connectivity index (χ0n) is 12.7. The van der Waals surface area contributed by atoms with Crippen molar-refractivity contribution in [3.8, 4) is 0 Å². The molecule has 108 valence electrons. The zero-order chi connectivity index (χ0) is 13.9. The van der Waals surface area contributed by atoms with Crippen molar-refractivity contribution in [3.63, 3.8) is 0 Å². The average molecular weight is 263 g/mol. The highest BCUT2D eigenvalue weighted by Crippen LogP contribution is 2.18. The topological polar surface area (TPSA) is 21.3 Å². The first-order valence-corrected chi connectivity index (χ1v) is 7.66. The number of hydrogen-bond acceptors (Lipinski definition) is 2. The fourth-order valence-corrected chi connectivity index (χ4v) is 2.17. The van der Waals surface area contributed by atoms with E-state index in [0.717, 1.165) is 19.7 Å². The first-order valence-electron chi connectivity index (χ1n) is 7.66. The monoisotopic (exact) mass is 263 g/mol. The summed E-state index contributed by atoms with van der Waals surface area (Å²) in [5, 5.41) is 3.39. The van der Waals surface area contributed by atoms with Gasteiger partial charge in [-0.15, -0.1) is 0 Å². The second kappa shape index (κ2) is 9.99. The Bertz CT molecular complexity index is 338. The lowest BCUT2D eigenvalue weighted by Gasteiger charge is -2.19. The van der Waals surface area contributed by atoms with Crippen LogP contribution in [-0.2, 0) is 4.74 Å². The van der Waals surface area contributed by atoms with Gasteiger partial charge in [-0.1, -0.05) is 62.9 Å². The van der Waals surface area contributed by atoms with E-state index in [1.807, 2.05) is 0 Å². The van der Waals surface area contributed by atoms with Crippen LogP contribution in [0.4, 0.5) is 0 Å². The van der Waals surface area contributed by atoms with Gasteiger partial charge in [0.25, 0.3) is 0 Å². The highest BCUT2D eigenvalue weighted by Gasteiger charge is 2.11. The van der Waals surface area contributed by atoms with E-state index in [-0.39, 0.29) is 6.10 Å². The third-order valence-electron chi connectivity index (χ3n) is 3.31. The number of rotatable bonds is 10. The minimum Gasteiger partial charge on any atom is -0.372 e. The molecule has 1 aromatic carbocycles. The Balaban J connectivity index is 2.47. The number of aryl methyl sites for hydroxylation is 1. The number of ether oxygens (including phenoxy) is 1. The van der Waals surface area contributed by atoms with Crippen molar-refractivity contribution in [1.29, 1.82) is 0 Å². The summed E-state index contributed by atoms with van der Waals surface area (Å²) in [6, 6.07) is 8.65. The van der Waals surface area contributed by atoms with Crippen molar-refractivity contribution in [2.75, 3.05) is 19.7 Å². The van der Waals surface area contributed by atoms with Gasteiger partial charge in [-0.2, -0.15) is 0 Å². The highest BCUT2D eigenvalue weighted by atomic mass is 16.5. The van der Waals surface area contributed by atoms with Crippen LogP contribution in [0, 0.1) is 6.92 Å². The Morgan fingerprint density at radius 1 is 1.16 bits per heavy atom. The van der Waals surface area contributed by atoms with Crippen LogP contribution in [0.3, 0.4) is 0 Å². The second-order valence-electron chi connectivity index (χ2n) is 5.14. The molecule has 1 N–H and O–H groups in total. The molecule has 0 spiro atoms. The normalized spacial score (nSPS) is 12.6. The summed E-state index contributed by atoms with van der Waals surface area (Å²) in [6.45, 7) is 9.25. The number of hydrogen-bond donors (Lipinski definition) is 1. The van der Waals surface area contributed by atoms with Crippen LogP contribution in [0.5, 0.6) is 0 Å². The van der Waals surface area contributed by atoms with E-state index in [4.69, 9.17) is 4.74 Å². The van der Waals surface area contributed by atoms with Crippen molar-refractivity contribution in [2.45, 2.75) is 52.6 Å². The Morgan fingerprint density at radius 3 is 2.68 bits per heavy atom. The largest absolute Gasteiger partial charge is 0.372 e. The summed E-state index contributed by atoms with van der Waals surface area (Å²) >= 11 is 0. The van der Waals surface area contributed by atoms with Crippen LogP contribution in [0.2, 0.25) is 0 Å². The molecule has 0 fully saturated rings. The molecule has 19 heavy (non-hydrogen) atoms. The van der Waals surface area contributed by atoms with Crippen LogP contribution < -0.4 is 5.32 Å². The smallest absolute Gasteiger partial charge is 0.0949 e. The Hall–Kier alpha value is -0.860. The summed E-state index contributed by atoms with van der Waals surface area (Å²) in [4.78, 5) is 0. The third-order valence-corrected chi connectivity index (χ3v) is 3.31. The predicted octanol–water partition coefficient (Wildman–Crippen LogP) is 4.24. The van der Waals surface area contributed by atoms with E-state index >= 15 is 0 Å². The first kappa shape index (κ1) is 16.2. The van der Waals surface area contributed by atoms with Crippen LogP contribution in [0.15, 0.2) is 24.3 Å². The fourth-order valence-electron chi connectivity index (χ4n) is 2.17. The Morgan fingerprint density at radius 2 is 2.00 bits per heavy atom.